The summed E-state index contributed by atoms with van der Waals surface area (Å²) in [7, 11) is 0. The fourth-order valence-electron chi connectivity index (χ4n) is 2.72. The van der Waals surface area contributed by atoms with E-state index in [0.29, 0.717) is 4.99 Å². The zero-order valence-electron chi connectivity index (χ0n) is 13.5. The quantitative estimate of drug-likeness (QED) is 0.527. The van der Waals surface area contributed by atoms with Crippen molar-refractivity contribution in [3.05, 3.63) is 0 Å². The van der Waals surface area contributed by atoms with Gasteiger partial charge in [0.15, 0.2) is 0 Å². The van der Waals surface area contributed by atoms with Crippen LogP contribution >= 0.6 is 24.0 Å². The van der Waals surface area contributed by atoms with Crippen molar-refractivity contribution in [2.24, 2.45) is 5.73 Å². The number of hydrogen-bond acceptors (Lipinski definition) is 4. The molecule has 0 aromatic rings. The van der Waals surface area contributed by atoms with E-state index in [1.54, 1.807) is 11.8 Å². The molecule has 1 fully saturated rings. The van der Waals surface area contributed by atoms with Gasteiger partial charge in [-0.1, -0.05) is 32.0 Å². The summed E-state index contributed by atoms with van der Waals surface area (Å²) in [5, 5.41) is 3.04. The third-order valence-corrected chi connectivity index (χ3v) is 6.38. The molecule has 21 heavy (non-hydrogen) atoms. The minimum absolute atomic E-state index is 0.0715. The van der Waals surface area contributed by atoms with Crippen molar-refractivity contribution in [3.8, 4) is 0 Å². The highest BCUT2D eigenvalue weighted by Gasteiger charge is 2.38. The highest BCUT2D eigenvalue weighted by Crippen LogP contribution is 2.35. The van der Waals surface area contributed by atoms with E-state index in [9.17, 15) is 4.79 Å². The Labute approximate surface area is 138 Å². The molecule has 0 radical (unpaired) electrons. The summed E-state index contributed by atoms with van der Waals surface area (Å²) in [6.07, 6.45) is 7.33. The number of hydrogen-bond donors (Lipinski definition) is 2. The topological polar surface area (TPSA) is 58.4 Å². The van der Waals surface area contributed by atoms with Crippen molar-refractivity contribution in [2.45, 2.75) is 56.7 Å². The number of unbranched alkanes of at least 4 members (excludes halogenated alkanes) is 2. The lowest BCUT2D eigenvalue weighted by atomic mass is 9.94. The summed E-state index contributed by atoms with van der Waals surface area (Å²) in [4.78, 5) is 15.0. The Morgan fingerprint density at radius 3 is 2.52 bits per heavy atom. The Morgan fingerprint density at radius 1 is 1.43 bits per heavy atom. The first-order valence-corrected chi connectivity index (χ1v) is 9.47. The second-order valence-electron chi connectivity index (χ2n) is 5.77. The number of piperidine rings is 1. The van der Waals surface area contributed by atoms with Gasteiger partial charge in [-0.25, -0.2) is 0 Å². The summed E-state index contributed by atoms with van der Waals surface area (Å²) in [5.74, 6) is 0.137. The zero-order valence-corrected chi connectivity index (χ0v) is 15.1. The van der Waals surface area contributed by atoms with Crippen molar-refractivity contribution in [3.63, 3.8) is 0 Å². The van der Waals surface area contributed by atoms with Crippen LogP contribution in [-0.4, -0.2) is 52.5 Å². The monoisotopic (exact) mass is 331 g/mol. The maximum atomic E-state index is 12.2. The highest BCUT2D eigenvalue weighted by molar-refractivity contribution is 8.02. The fraction of sp³-hybridized carbons (Fsp3) is 0.867. The molecule has 0 aliphatic carbocycles. The molecule has 1 saturated heterocycles. The van der Waals surface area contributed by atoms with Gasteiger partial charge in [0.2, 0.25) is 5.91 Å². The van der Waals surface area contributed by atoms with Crippen LogP contribution in [0.1, 0.15) is 46.0 Å². The van der Waals surface area contributed by atoms with Gasteiger partial charge < -0.3 is 11.1 Å². The maximum Gasteiger partial charge on any atom is 0.237 e. The van der Waals surface area contributed by atoms with E-state index in [1.807, 2.05) is 6.92 Å². The Kier molecular flexibility index (Phi) is 7.98. The van der Waals surface area contributed by atoms with Crippen LogP contribution in [0.2, 0.25) is 0 Å². The predicted molar refractivity (Wildman–Crippen MR) is 95.8 cm³/mol. The third-order valence-electron chi connectivity index (χ3n) is 4.45. The average Bonchev–Trinajstić information content (AvgIpc) is 2.50. The molecule has 1 aliphatic heterocycles. The largest absolute Gasteiger partial charge is 0.392 e. The average molecular weight is 332 g/mol. The van der Waals surface area contributed by atoms with Crippen LogP contribution in [0.25, 0.3) is 0 Å². The summed E-state index contributed by atoms with van der Waals surface area (Å²) in [6.45, 7) is 6.69. The first-order valence-electron chi connectivity index (χ1n) is 7.83. The lowest BCUT2D eigenvalue weighted by Gasteiger charge is -2.41. The van der Waals surface area contributed by atoms with Crippen LogP contribution in [-0.2, 0) is 4.79 Å². The van der Waals surface area contributed by atoms with Crippen molar-refractivity contribution in [2.75, 3.05) is 25.9 Å². The molecule has 0 aromatic carbocycles. The highest BCUT2D eigenvalue weighted by atomic mass is 32.2. The predicted octanol–water partition coefficient (Wildman–Crippen LogP) is 2.17. The molecule has 1 unspecified atom stereocenters. The van der Waals surface area contributed by atoms with Crippen LogP contribution in [0, 0.1) is 0 Å². The van der Waals surface area contributed by atoms with Gasteiger partial charge in [-0.2, -0.15) is 11.8 Å². The number of thioether (sulfide) groups is 1. The molecule has 0 bridgehead atoms. The normalized spacial score (nSPS) is 20.0. The number of nitrogens with two attached hydrogens (primary N) is 1. The number of likely N-dealkylation sites (tertiary alicyclic amines) is 1. The number of thiocarbonyl (C=S) groups is 1. The molecule has 0 spiro atoms. The molecular formula is C15H29N3OS2. The van der Waals surface area contributed by atoms with E-state index >= 15 is 0 Å². The number of amides is 1. The van der Waals surface area contributed by atoms with Gasteiger partial charge in [0.1, 0.15) is 0 Å². The number of carbonyl (C=O) groups excluding carboxylic acids is 1. The summed E-state index contributed by atoms with van der Waals surface area (Å²) < 4.78 is -0.0802. The standard InChI is InChI=1S/C15H29N3OS2/c1-4-5-6-9-17-13(19)12(2)18-10-7-15(21-3,8-11-18)14(16)20/h12H,4-11H2,1-3H3,(H2,16,20)(H,17,19). The smallest absolute Gasteiger partial charge is 0.237 e. The van der Waals surface area contributed by atoms with Crippen LogP contribution in [0.5, 0.6) is 0 Å². The van der Waals surface area contributed by atoms with E-state index in [0.717, 1.165) is 38.9 Å². The molecule has 6 heteroatoms. The molecule has 1 aliphatic rings. The fourth-order valence-corrected chi connectivity index (χ4v) is 3.97. The van der Waals surface area contributed by atoms with Crippen LogP contribution < -0.4 is 11.1 Å². The lowest BCUT2D eigenvalue weighted by molar-refractivity contribution is -0.126. The third kappa shape index (κ3) is 5.11. The SMILES string of the molecule is CCCCCNC(=O)C(C)N1CCC(SC)(C(N)=S)CC1. The summed E-state index contributed by atoms with van der Waals surface area (Å²) in [6, 6.07) is -0.0715. The first-order chi connectivity index (χ1) is 9.96. The van der Waals surface area contributed by atoms with Gasteiger partial charge >= 0.3 is 0 Å². The van der Waals surface area contributed by atoms with Gasteiger partial charge in [0.05, 0.1) is 15.8 Å². The molecule has 0 aromatic heterocycles. The number of rotatable bonds is 8. The molecule has 4 nitrogen and oxygen atoms in total. The number of nitrogens with zero attached hydrogens (tertiary/aromatic N) is 1. The van der Waals surface area contributed by atoms with Crippen LogP contribution in [0.4, 0.5) is 0 Å². The van der Waals surface area contributed by atoms with E-state index < -0.39 is 0 Å². The number of nitrogens with one attached hydrogen (secondary N) is 1. The Hall–Kier alpha value is -0.330. The van der Waals surface area contributed by atoms with Crippen molar-refractivity contribution < 1.29 is 4.79 Å². The lowest BCUT2D eigenvalue weighted by Crippen LogP contribution is -2.54. The van der Waals surface area contributed by atoms with Crippen LogP contribution in [0.15, 0.2) is 0 Å². The van der Waals surface area contributed by atoms with E-state index in [-0.39, 0.29) is 16.7 Å². The number of carbonyl (C=O) groups is 1. The Bertz CT molecular complexity index is 355. The first kappa shape index (κ1) is 18.7. The molecule has 1 amide bonds. The van der Waals surface area contributed by atoms with Gasteiger partial charge in [-0.3, -0.25) is 9.69 Å². The second kappa shape index (κ2) is 8.96. The van der Waals surface area contributed by atoms with Crippen LogP contribution in [0.3, 0.4) is 0 Å². The van der Waals surface area contributed by atoms with E-state index in [2.05, 4.69) is 23.4 Å². The van der Waals surface area contributed by atoms with Crippen molar-refractivity contribution in [1.29, 1.82) is 0 Å². The van der Waals surface area contributed by atoms with Gasteiger partial charge in [-0.15, -0.1) is 0 Å². The summed E-state index contributed by atoms with van der Waals surface area (Å²) in [5.41, 5.74) is 5.90. The molecular weight excluding hydrogens is 302 g/mol. The van der Waals surface area contributed by atoms with Gasteiger partial charge in [0.25, 0.3) is 0 Å². The van der Waals surface area contributed by atoms with E-state index in [4.69, 9.17) is 18.0 Å². The van der Waals surface area contributed by atoms with Gasteiger partial charge in [0, 0.05) is 19.6 Å². The molecule has 0 saturated carbocycles. The maximum absolute atomic E-state index is 12.2. The second-order valence-corrected chi connectivity index (χ2v) is 7.40. The van der Waals surface area contributed by atoms with Crippen molar-refractivity contribution in [1.82, 2.24) is 10.2 Å². The minimum Gasteiger partial charge on any atom is -0.392 e. The Morgan fingerprint density at radius 2 is 2.05 bits per heavy atom. The molecule has 1 rings (SSSR count). The summed E-state index contributed by atoms with van der Waals surface area (Å²) >= 11 is 6.97. The van der Waals surface area contributed by atoms with E-state index in [1.165, 1.54) is 12.8 Å². The molecule has 1 heterocycles. The molecule has 122 valence electrons. The molecule has 1 atom stereocenters. The molecule has 3 N–H and O–H groups in total. The van der Waals surface area contributed by atoms with Crippen molar-refractivity contribution >= 4 is 34.9 Å². The van der Waals surface area contributed by atoms with Gasteiger partial charge in [-0.05, 0) is 32.4 Å². The Balaban J connectivity index is 2.42. The minimum atomic E-state index is -0.0802. The zero-order chi connectivity index (χ0) is 15.9.